The van der Waals surface area contributed by atoms with Gasteiger partial charge in [0.05, 0.1) is 11.1 Å². The molecule has 1 aliphatic rings. The number of hydrogen-bond acceptors (Lipinski definition) is 5. The van der Waals surface area contributed by atoms with E-state index in [2.05, 4.69) is 34.1 Å². The maximum absolute atomic E-state index is 12.2. The Morgan fingerprint density at radius 3 is 2.95 bits per heavy atom. The SMILES string of the molecule is CC1(C)CC(=O)c2nnc3c4cccnc4nn3c2C1. The normalized spacial score (nSPS) is 17.6. The molecule has 3 aromatic rings. The Bertz CT molecular complexity index is 865. The Balaban J connectivity index is 2.11. The molecule has 0 saturated heterocycles. The molecule has 0 unspecified atom stereocenters. The fourth-order valence-electron chi connectivity index (χ4n) is 2.86. The lowest BCUT2D eigenvalue weighted by atomic mass is 9.77. The molecule has 0 atom stereocenters. The molecule has 100 valence electrons. The molecule has 0 amide bonds. The quantitative estimate of drug-likeness (QED) is 0.621. The molecule has 0 spiro atoms. The first kappa shape index (κ1) is 11.5. The lowest BCUT2D eigenvalue weighted by Crippen LogP contribution is -2.30. The summed E-state index contributed by atoms with van der Waals surface area (Å²) >= 11 is 0. The van der Waals surface area contributed by atoms with Gasteiger partial charge >= 0.3 is 0 Å². The number of ketones is 1. The summed E-state index contributed by atoms with van der Waals surface area (Å²) in [4.78, 5) is 16.4. The molecule has 3 heterocycles. The van der Waals surface area contributed by atoms with Crippen molar-refractivity contribution in [3.8, 4) is 0 Å². The molecule has 0 aromatic carbocycles. The van der Waals surface area contributed by atoms with E-state index in [4.69, 9.17) is 0 Å². The maximum atomic E-state index is 12.2. The summed E-state index contributed by atoms with van der Waals surface area (Å²) in [5.74, 6) is 0.0400. The molecular weight excluding hydrogens is 254 g/mol. The number of rotatable bonds is 0. The summed E-state index contributed by atoms with van der Waals surface area (Å²) in [6.07, 6.45) is 2.96. The number of hydrogen-bond donors (Lipinski definition) is 0. The first-order valence-electron chi connectivity index (χ1n) is 6.57. The fourth-order valence-corrected chi connectivity index (χ4v) is 2.86. The van der Waals surface area contributed by atoms with Crippen LogP contribution in [-0.2, 0) is 6.42 Å². The molecule has 4 rings (SSSR count). The van der Waals surface area contributed by atoms with Crippen LogP contribution in [0.1, 0.15) is 36.5 Å². The van der Waals surface area contributed by atoms with Crippen LogP contribution in [0, 0.1) is 5.41 Å². The van der Waals surface area contributed by atoms with Gasteiger partial charge in [-0.15, -0.1) is 15.3 Å². The molecule has 20 heavy (non-hydrogen) atoms. The number of carbonyl (C=O) groups excluding carboxylic acids is 1. The van der Waals surface area contributed by atoms with Crippen LogP contribution in [0.3, 0.4) is 0 Å². The molecular formula is C14H13N5O. The van der Waals surface area contributed by atoms with Crippen molar-refractivity contribution in [3.63, 3.8) is 0 Å². The smallest absolute Gasteiger partial charge is 0.187 e. The van der Waals surface area contributed by atoms with Crippen molar-refractivity contribution in [2.45, 2.75) is 26.7 Å². The van der Waals surface area contributed by atoms with Gasteiger partial charge in [-0.25, -0.2) is 9.50 Å². The number of aromatic nitrogens is 5. The van der Waals surface area contributed by atoms with Gasteiger partial charge < -0.3 is 0 Å². The van der Waals surface area contributed by atoms with Gasteiger partial charge in [0.15, 0.2) is 22.8 Å². The van der Waals surface area contributed by atoms with E-state index >= 15 is 0 Å². The third-order valence-corrected chi connectivity index (χ3v) is 3.75. The van der Waals surface area contributed by atoms with Gasteiger partial charge in [-0.2, -0.15) is 0 Å². The average molecular weight is 267 g/mol. The van der Waals surface area contributed by atoms with E-state index in [1.165, 1.54) is 0 Å². The van der Waals surface area contributed by atoms with E-state index in [0.717, 1.165) is 17.5 Å². The molecule has 6 nitrogen and oxygen atoms in total. The summed E-state index contributed by atoms with van der Waals surface area (Å²) in [5.41, 5.74) is 2.51. The minimum absolute atomic E-state index is 0.0400. The highest BCUT2D eigenvalue weighted by atomic mass is 16.1. The molecule has 0 radical (unpaired) electrons. The first-order valence-corrected chi connectivity index (χ1v) is 6.57. The van der Waals surface area contributed by atoms with Crippen LogP contribution in [0.25, 0.3) is 16.7 Å². The lowest BCUT2D eigenvalue weighted by Gasteiger charge is -2.28. The van der Waals surface area contributed by atoms with Gasteiger partial charge in [-0.1, -0.05) is 13.8 Å². The maximum Gasteiger partial charge on any atom is 0.187 e. The lowest BCUT2D eigenvalue weighted by molar-refractivity contribution is 0.0901. The van der Waals surface area contributed by atoms with E-state index in [1.807, 2.05) is 12.1 Å². The Labute approximate surface area is 114 Å². The highest BCUT2D eigenvalue weighted by Crippen LogP contribution is 2.34. The van der Waals surface area contributed by atoms with Gasteiger partial charge in [0.2, 0.25) is 0 Å². The van der Waals surface area contributed by atoms with E-state index in [9.17, 15) is 4.79 Å². The van der Waals surface area contributed by atoms with Crippen LogP contribution >= 0.6 is 0 Å². The predicted octanol–water partition coefficient (Wildman–Crippen LogP) is 1.83. The molecule has 0 aliphatic heterocycles. The summed E-state index contributed by atoms with van der Waals surface area (Å²) in [7, 11) is 0. The standard InChI is InChI=1S/C14H13N5O/c1-14(2)6-9-11(10(20)7-14)16-17-13-8-4-3-5-15-12(8)18-19(9)13/h3-5H,6-7H2,1-2H3. The Morgan fingerprint density at radius 1 is 1.25 bits per heavy atom. The fraction of sp³-hybridized carbons (Fsp3) is 0.357. The zero-order valence-electron chi connectivity index (χ0n) is 11.3. The van der Waals surface area contributed by atoms with E-state index in [1.54, 1.807) is 10.7 Å². The second kappa shape index (κ2) is 3.59. The number of pyridine rings is 1. The third kappa shape index (κ3) is 1.47. The third-order valence-electron chi connectivity index (χ3n) is 3.75. The van der Waals surface area contributed by atoms with Gasteiger partial charge in [0, 0.05) is 12.6 Å². The van der Waals surface area contributed by atoms with Crippen molar-refractivity contribution in [1.82, 2.24) is 24.8 Å². The number of fused-ring (bicyclic) bond motifs is 5. The molecule has 0 bridgehead atoms. The Kier molecular flexibility index (Phi) is 2.06. The van der Waals surface area contributed by atoms with Crippen LogP contribution in [0.4, 0.5) is 0 Å². The summed E-state index contributed by atoms with van der Waals surface area (Å²) in [6, 6.07) is 3.77. The van der Waals surface area contributed by atoms with Crippen molar-refractivity contribution in [2.24, 2.45) is 5.41 Å². The largest absolute Gasteiger partial charge is 0.292 e. The monoisotopic (exact) mass is 267 g/mol. The van der Waals surface area contributed by atoms with Gasteiger partial charge in [-0.3, -0.25) is 4.79 Å². The van der Waals surface area contributed by atoms with Crippen LogP contribution in [0.5, 0.6) is 0 Å². The number of Topliss-reactive ketones (excluding diaryl/α,β-unsaturated/α-hetero) is 1. The summed E-state index contributed by atoms with van der Waals surface area (Å²) < 4.78 is 1.73. The van der Waals surface area contributed by atoms with Gasteiger partial charge in [-0.05, 0) is 24.0 Å². The molecule has 0 N–H and O–H groups in total. The van der Waals surface area contributed by atoms with Crippen molar-refractivity contribution < 1.29 is 4.79 Å². The van der Waals surface area contributed by atoms with Crippen LogP contribution in [0.2, 0.25) is 0 Å². The van der Waals surface area contributed by atoms with Crippen molar-refractivity contribution in [2.75, 3.05) is 0 Å². The number of carbonyl (C=O) groups is 1. The molecule has 1 aliphatic carbocycles. The molecule has 6 heteroatoms. The Morgan fingerprint density at radius 2 is 2.10 bits per heavy atom. The highest BCUT2D eigenvalue weighted by molar-refractivity contribution is 5.97. The van der Waals surface area contributed by atoms with Crippen molar-refractivity contribution in [3.05, 3.63) is 29.7 Å². The van der Waals surface area contributed by atoms with Gasteiger partial charge in [0.25, 0.3) is 0 Å². The number of nitrogens with zero attached hydrogens (tertiary/aromatic N) is 5. The minimum Gasteiger partial charge on any atom is -0.292 e. The second-order valence-corrected chi connectivity index (χ2v) is 6.05. The van der Waals surface area contributed by atoms with E-state index < -0.39 is 0 Å². The van der Waals surface area contributed by atoms with Crippen LogP contribution in [0.15, 0.2) is 18.3 Å². The highest BCUT2D eigenvalue weighted by Gasteiger charge is 2.34. The van der Waals surface area contributed by atoms with Crippen molar-refractivity contribution in [1.29, 1.82) is 0 Å². The van der Waals surface area contributed by atoms with Crippen LogP contribution < -0.4 is 0 Å². The minimum atomic E-state index is -0.0778. The zero-order valence-corrected chi connectivity index (χ0v) is 11.3. The molecule has 0 saturated carbocycles. The zero-order chi connectivity index (χ0) is 13.9. The summed E-state index contributed by atoms with van der Waals surface area (Å²) in [6.45, 7) is 4.17. The van der Waals surface area contributed by atoms with E-state index in [0.29, 0.717) is 23.4 Å². The molecule has 0 fully saturated rings. The topological polar surface area (TPSA) is 73.0 Å². The average Bonchev–Trinajstić information content (AvgIpc) is 2.76. The summed E-state index contributed by atoms with van der Waals surface area (Å²) in [5, 5.41) is 13.6. The van der Waals surface area contributed by atoms with E-state index in [-0.39, 0.29) is 11.2 Å². The van der Waals surface area contributed by atoms with Crippen molar-refractivity contribution >= 4 is 22.5 Å². The second-order valence-electron chi connectivity index (χ2n) is 6.05. The molecule has 3 aromatic heterocycles. The van der Waals surface area contributed by atoms with Gasteiger partial charge in [0.1, 0.15) is 0 Å². The first-order chi connectivity index (χ1) is 9.55. The predicted molar refractivity (Wildman–Crippen MR) is 72.5 cm³/mol. The van der Waals surface area contributed by atoms with Crippen LogP contribution in [-0.4, -0.2) is 30.6 Å². The Hall–Kier alpha value is -2.37.